The molecule has 0 amide bonds. The molecule has 2 aliphatic rings. The highest BCUT2D eigenvalue weighted by molar-refractivity contribution is 7.13. The summed E-state index contributed by atoms with van der Waals surface area (Å²) < 4.78 is 0. The number of thiazole rings is 1. The Balaban J connectivity index is 1.41. The SMILES string of the molecule is OC1CCCC1CNC1CCN(c2nccs2)CC1. The maximum absolute atomic E-state index is 9.83. The first-order valence-corrected chi connectivity index (χ1v) is 8.27. The number of nitrogens with zero attached hydrogens (tertiary/aromatic N) is 2. The van der Waals surface area contributed by atoms with E-state index < -0.39 is 0 Å². The first-order chi connectivity index (χ1) is 9.33. The molecule has 1 saturated heterocycles. The maximum atomic E-state index is 9.83. The molecule has 0 radical (unpaired) electrons. The van der Waals surface area contributed by atoms with Crippen molar-refractivity contribution in [3.63, 3.8) is 0 Å². The van der Waals surface area contributed by atoms with Crippen LogP contribution < -0.4 is 10.2 Å². The molecule has 1 aliphatic carbocycles. The minimum atomic E-state index is -0.0668. The first kappa shape index (κ1) is 13.3. The highest BCUT2D eigenvalue weighted by Crippen LogP contribution is 2.26. The standard InChI is InChI=1S/C14H23N3OS/c18-13-3-1-2-11(13)10-16-12-4-7-17(8-5-12)14-15-6-9-19-14/h6,9,11-13,16,18H,1-5,7-8,10H2. The van der Waals surface area contributed by atoms with Crippen LogP contribution >= 0.6 is 11.3 Å². The van der Waals surface area contributed by atoms with Crippen molar-refractivity contribution < 1.29 is 5.11 Å². The third-order valence-electron chi connectivity index (χ3n) is 4.47. The van der Waals surface area contributed by atoms with Gasteiger partial charge in [-0.15, -0.1) is 11.3 Å². The molecule has 19 heavy (non-hydrogen) atoms. The van der Waals surface area contributed by atoms with Crippen molar-refractivity contribution in [3.05, 3.63) is 11.6 Å². The fraction of sp³-hybridized carbons (Fsp3) is 0.786. The normalized spacial score (nSPS) is 29.0. The van der Waals surface area contributed by atoms with Gasteiger partial charge in [0, 0.05) is 37.3 Å². The second-order valence-electron chi connectivity index (χ2n) is 5.74. The van der Waals surface area contributed by atoms with Crippen LogP contribution in [0.15, 0.2) is 11.6 Å². The maximum Gasteiger partial charge on any atom is 0.185 e. The summed E-state index contributed by atoms with van der Waals surface area (Å²) in [6.07, 6.45) is 7.55. The monoisotopic (exact) mass is 281 g/mol. The number of aliphatic hydroxyl groups is 1. The number of hydrogen-bond donors (Lipinski definition) is 2. The first-order valence-electron chi connectivity index (χ1n) is 7.39. The minimum absolute atomic E-state index is 0.0668. The lowest BCUT2D eigenvalue weighted by Crippen LogP contribution is -2.44. The molecule has 5 heteroatoms. The number of aliphatic hydroxyl groups excluding tert-OH is 1. The van der Waals surface area contributed by atoms with Gasteiger partial charge in [-0.05, 0) is 31.6 Å². The Morgan fingerprint density at radius 2 is 2.16 bits per heavy atom. The van der Waals surface area contributed by atoms with Gasteiger partial charge in [0.1, 0.15) is 0 Å². The Bertz CT molecular complexity index is 376. The minimum Gasteiger partial charge on any atom is -0.393 e. The van der Waals surface area contributed by atoms with E-state index >= 15 is 0 Å². The molecule has 1 aromatic heterocycles. The van der Waals surface area contributed by atoms with Gasteiger partial charge in [-0.1, -0.05) is 6.42 Å². The van der Waals surface area contributed by atoms with Gasteiger partial charge in [0.05, 0.1) is 6.10 Å². The number of hydrogen-bond acceptors (Lipinski definition) is 5. The summed E-state index contributed by atoms with van der Waals surface area (Å²) in [5.41, 5.74) is 0. The van der Waals surface area contributed by atoms with Crippen molar-refractivity contribution >= 4 is 16.5 Å². The second kappa shape index (κ2) is 6.20. The van der Waals surface area contributed by atoms with Gasteiger partial charge < -0.3 is 15.3 Å². The molecule has 1 aliphatic heterocycles. The summed E-state index contributed by atoms with van der Waals surface area (Å²) in [7, 11) is 0. The van der Waals surface area contributed by atoms with E-state index in [9.17, 15) is 5.11 Å². The summed E-state index contributed by atoms with van der Waals surface area (Å²) in [5.74, 6) is 0.483. The molecule has 1 aromatic rings. The summed E-state index contributed by atoms with van der Waals surface area (Å²) in [4.78, 5) is 6.76. The van der Waals surface area contributed by atoms with Crippen LogP contribution in [0, 0.1) is 5.92 Å². The zero-order valence-corrected chi connectivity index (χ0v) is 12.1. The molecular formula is C14H23N3OS. The Morgan fingerprint density at radius 1 is 1.32 bits per heavy atom. The smallest absolute Gasteiger partial charge is 0.185 e. The molecular weight excluding hydrogens is 258 g/mol. The van der Waals surface area contributed by atoms with E-state index in [-0.39, 0.29) is 6.10 Å². The van der Waals surface area contributed by atoms with Crippen molar-refractivity contribution in [1.29, 1.82) is 0 Å². The fourth-order valence-corrected chi connectivity index (χ4v) is 3.92. The van der Waals surface area contributed by atoms with Crippen LogP contribution in [0.25, 0.3) is 0 Å². The van der Waals surface area contributed by atoms with E-state index in [0.717, 1.165) is 31.2 Å². The van der Waals surface area contributed by atoms with Crippen molar-refractivity contribution in [2.75, 3.05) is 24.5 Å². The van der Waals surface area contributed by atoms with Crippen LogP contribution in [0.3, 0.4) is 0 Å². The summed E-state index contributed by atoms with van der Waals surface area (Å²) in [6, 6.07) is 0.615. The predicted molar refractivity (Wildman–Crippen MR) is 78.7 cm³/mol. The Labute approximate surface area is 118 Å². The number of rotatable bonds is 4. The van der Waals surface area contributed by atoms with Crippen LogP contribution in [0.5, 0.6) is 0 Å². The van der Waals surface area contributed by atoms with Gasteiger partial charge in [0.2, 0.25) is 0 Å². The van der Waals surface area contributed by atoms with Crippen LogP contribution in [-0.4, -0.2) is 41.9 Å². The van der Waals surface area contributed by atoms with Crippen LogP contribution in [0.2, 0.25) is 0 Å². The quantitative estimate of drug-likeness (QED) is 0.884. The van der Waals surface area contributed by atoms with Crippen molar-refractivity contribution in [1.82, 2.24) is 10.3 Å². The molecule has 0 aromatic carbocycles. The molecule has 3 rings (SSSR count). The molecule has 2 N–H and O–H groups in total. The molecule has 2 fully saturated rings. The lowest BCUT2D eigenvalue weighted by molar-refractivity contribution is 0.129. The van der Waals surface area contributed by atoms with Gasteiger partial charge in [-0.3, -0.25) is 0 Å². The predicted octanol–water partition coefficient (Wildman–Crippen LogP) is 1.86. The third kappa shape index (κ3) is 3.27. The molecule has 2 heterocycles. The number of aromatic nitrogens is 1. The summed E-state index contributed by atoms with van der Waals surface area (Å²) in [5, 5.41) is 16.7. The second-order valence-corrected chi connectivity index (χ2v) is 6.62. The number of anilines is 1. The zero-order valence-electron chi connectivity index (χ0n) is 11.3. The molecule has 2 atom stereocenters. The number of piperidine rings is 1. The van der Waals surface area contributed by atoms with Crippen molar-refractivity contribution in [3.8, 4) is 0 Å². The summed E-state index contributed by atoms with van der Waals surface area (Å²) >= 11 is 1.73. The van der Waals surface area contributed by atoms with Gasteiger partial charge in [-0.2, -0.15) is 0 Å². The number of nitrogens with one attached hydrogen (secondary N) is 1. The summed E-state index contributed by atoms with van der Waals surface area (Å²) in [6.45, 7) is 3.18. The molecule has 0 spiro atoms. The molecule has 1 saturated carbocycles. The average molecular weight is 281 g/mol. The van der Waals surface area contributed by atoms with E-state index in [0.29, 0.717) is 12.0 Å². The van der Waals surface area contributed by atoms with E-state index in [4.69, 9.17) is 0 Å². The largest absolute Gasteiger partial charge is 0.393 e. The van der Waals surface area contributed by atoms with E-state index in [2.05, 4.69) is 15.2 Å². The van der Waals surface area contributed by atoms with E-state index in [1.54, 1.807) is 11.3 Å². The Kier molecular flexibility index (Phi) is 4.35. The van der Waals surface area contributed by atoms with Gasteiger partial charge in [0.15, 0.2) is 5.13 Å². The zero-order chi connectivity index (χ0) is 13.1. The molecule has 4 nitrogen and oxygen atoms in total. The molecule has 0 bridgehead atoms. The lowest BCUT2D eigenvalue weighted by atomic mass is 10.0. The molecule has 2 unspecified atom stereocenters. The van der Waals surface area contributed by atoms with Crippen molar-refractivity contribution in [2.45, 2.75) is 44.2 Å². The lowest BCUT2D eigenvalue weighted by Gasteiger charge is -2.33. The topological polar surface area (TPSA) is 48.4 Å². The molecule has 106 valence electrons. The Morgan fingerprint density at radius 3 is 2.79 bits per heavy atom. The fourth-order valence-electron chi connectivity index (χ4n) is 3.22. The van der Waals surface area contributed by atoms with Gasteiger partial charge in [-0.25, -0.2) is 4.98 Å². The van der Waals surface area contributed by atoms with Crippen LogP contribution in [0.4, 0.5) is 5.13 Å². The van der Waals surface area contributed by atoms with Gasteiger partial charge >= 0.3 is 0 Å². The van der Waals surface area contributed by atoms with Crippen LogP contribution in [-0.2, 0) is 0 Å². The average Bonchev–Trinajstić information content (AvgIpc) is 3.09. The van der Waals surface area contributed by atoms with Crippen LogP contribution in [0.1, 0.15) is 32.1 Å². The highest BCUT2D eigenvalue weighted by Gasteiger charge is 2.26. The van der Waals surface area contributed by atoms with E-state index in [1.165, 1.54) is 25.7 Å². The highest BCUT2D eigenvalue weighted by atomic mass is 32.1. The van der Waals surface area contributed by atoms with Crippen molar-refractivity contribution in [2.24, 2.45) is 5.92 Å². The Hall–Kier alpha value is -0.650. The third-order valence-corrected chi connectivity index (χ3v) is 5.30. The van der Waals surface area contributed by atoms with E-state index in [1.807, 2.05) is 11.6 Å². The van der Waals surface area contributed by atoms with Gasteiger partial charge in [0.25, 0.3) is 0 Å².